The first-order valence-electron chi connectivity index (χ1n) is 5.12. The quantitative estimate of drug-likeness (QED) is 0.512. The van der Waals surface area contributed by atoms with Gasteiger partial charge in [0.15, 0.2) is 0 Å². The van der Waals surface area contributed by atoms with Crippen molar-refractivity contribution in [2.24, 2.45) is 5.92 Å². The number of likely N-dealkylation sites (N-methyl/N-ethyl adjacent to an activating group) is 1. The van der Waals surface area contributed by atoms with E-state index in [1.54, 1.807) is 0 Å². The van der Waals surface area contributed by atoms with Gasteiger partial charge in [0.1, 0.15) is 6.04 Å². The molecule has 0 bridgehead atoms. The second-order valence-electron chi connectivity index (χ2n) is 4.14. The molecule has 0 aliphatic carbocycles. The summed E-state index contributed by atoms with van der Waals surface area (Å²) < 4.78 is 0. The number of carbonyl (C=O) groups is 3. The molecule has 3 amide bonds. The van der Waals surface area contributed by atoms with Crippen LogP contribution in [0, 0.1) is 5.92 Å². The van der Waals surface area contributed by atoms with Crippen molar-refractivity contribution in [2.75, 3.05) is 13.6 Å². The van der Waals surface area contributed by atoms with Gasteiger partial charge in [-0.15, -0.1) is 0 Å². The van der Waals surface area contributed by atoms with Crippen LogP contribution in [0.4, 0.5) is 0 Å². The van der Waals surface area contributed by atoms with Gasteiger partial charge >= 0.3 is 0 Å². The van der Waals surface area contributed by atoms with Gasteiger partial charge in [-0.1, -0.05) is 0 Å². The Bertz CT molecular complexity index is 334. The van der Waals surface area contributed by atoms with Gasteiger partial charge in [0, 0.05) is 20.5 Å². The molecule has 0 spiro atoms. The van der Waals surface area contributed by atoms with Crippen LogP contribution in [0.5, 0.6) is 0 Å². The van der Waals surface area contributed by atoms with Crippen LogP contribution >= 0.6 is 0 Å². The van der Waals surface area contributed by atoms with Crippen LogP contribution < -0.4 is 0 Å². The van der Waals surface area contributed by atoms with E-state index in [0.717, 1.165) is 11.3 Å². The highest BCUT2D eigenvalue weighted by Crippen LogP contribution is 2.31. The number of hydrogen-bond acceptors (Lipinski definition) is 3. The highest BCUT2D eigenvalue weighted by Gasteiger charge is 2.50. The first-order chi connectivity index (χ1) is 7.04. The van der Waals surface area contributed by atoms with Crippen molar-refractivity contribution in [2.45, 2.75) is 25.8 Å². The number of amides is 3. The van der Waals surface area contributed by atoms with E-state index in [9.17, 15) is 14.4 Å². The summed E-state index contributed by atoms with van der Waals surface area (Å²) >= 11 is 0. The van der Waals surface area contributed by atoms with Gasteiger partial charge in [0.25, 0.3) is 5.91 Å². The minimum absolute atomic E-state index is 0.124. The molecule has 0 radical (unpaired) electrons. The largest absolute Gasteiger partial charge is 0.330 e. The molecule has 82 valence electrons. The van der Waals surface area contributed by atoms with Gasteiger partial charge in [-0.05, 0) is 12.8 Å². The zero-order chi connectivity index (χ0) is 11.2. The second kappa shape index (κ2) is 3.32. The Balaban J connectivity index is 2.32. The van der Waals surface area contributed by atoms with Gasteiger partial charge < -0.3 is 4.90 Å². The summed E-state index contributed by atoms with van der Waals surface area (Å²) in [5, 5.41) is 0. The van der Waals surface area contributed by atoms with E-state index >= 15 is 0 Å². The molecule has 2 fully saturated rings. The van der Waals surface area contributed by atoms with Crippen LogP contribution in [-0.2, 0) is 14.4 Å². The number of carbonyl (C=O) groups excluding carboxylic acids is 3. The molecule has 0 unspecified atom stereocenters. The van der Waals surface area contributed by atoms with Crippen molar-refractivity contribution in [3.8, 4) is 0 Å². The van der Waals surface area contributed by atoms with E-state index in [2.05, 4.69) is 0 Å². The third kappa shape index (κ3) is 1.33. The van der Waals surface area contributed by atoms with E-state index in [-0.39, 0.29) is 23.6 Å². The van der Waals surface area contributed by atoms with E-state index in [0.29, 0.717) is 13.0 Å². The molecule has 2 heterocycles. The maximum absolute atomic E-state index is 11.8. The van der Waals surface area contributed by atoms with Crippen LogP contribution in [0.2, 0.25) is 0 Å². The number of nitrogens with zero attached hydrogens (tertiary/aromatic N) is 2. The Morgan fingerprint density at radius 2 is 2.00 bits per heavy atom. The summed E-state index contributed by atoms with van der Waals surface area (Å²) in [5.74, 6) is -0.808. The predicted molar refractivity (Wildman–Crippen MR) is 51.7 cm³/mol. The lowest BCUT2D eigenvalue weighted by molar-refractivity contribution is -0.142. The molecule has 5 nitrogen and oxygen atoms in total. The molecular formula is C10H14N2O3. The molecule has 2 rings (SSSR count). The van der Waals surface area contributed by atoms with Crippen molar-refractivity contribution in [3.05, 3.63) is 0 Å². The molecule has 2 aliphatic rings. The fourth-order valence-corrected chi connectivity index (χ4v) is 2.47. The lowest BCUT2D eigenvalue weighted by Gasteiger charge is -2.33. The minimum Gasteiger partial charge on any atom is -0.330 e. The fraction of sp³-hybridized carbons (Fsp3) is 0.700. The van der Waals surface area contributed by atoms with Gasteiger partial charge in [-0.25, -0.2) is 0 Å². The molecule has 5 heteroatoms. The Morgan fingerprint density at radius 1 is 1.33 bits per heavy atom. The van der Waals surface area contributed by atoms with Crippen molar-refractivity contribution in [1.29, 1.82) is 0 Å². The lowest BCUT2D eigenvalue weighted by atomic mass is 9.91. The van der Waals surface area contributed by atoms with Crippen LogP contribution in [-0.4, -0.2) is 47.2 Å². The van der Waals surface area contributed by atoms with Crippen LogP contribution in [0.25, 0.3) is 0 Å². The third-order valence-electron chi connectivity index (χ3n) is 3.27. The normalized spacial score (nSPS) is 30.8. The molecule has 0 aromatic carbocycles. The van der Waals surface area contributed by atoms with Crippen molar-refractivity contribution in [3.63, 3.8) is 0 Å². The average molecular weight is 210 g/mol. The molecule has 0 aromatic rings. The summed E-state index contributed by atoms with van der Waals surface area (Å²) in [4.78, 5) is 37.5. The molecule has 0 aromatic heterocycles. The number of piperidine rings is 1. The monoisotopic (exact) mass is 210 g/mol. The van der Waals surface area contributed by atoms with Crippen LogP contribution in [0.1, 0.15) is 19.8 Å². The van der Waals surface area contributed by atoms with Gasteiger partial charge in [-0.3, -0.25) is 19.3 Å². The summed E-state index contributed by atoms with van der Waals surface area (Å²) in [7, 11) is 1.49. The first-order valence-corrected chi connectivity index (χ1v) is 5.12. The summed E-state index contributed by atoms with van der Waals surface area (Å²) in [6.07, 6.45) is 1.51. The summed E-state index contributed by atoms with van der Waals surface area (Å²) in [5.41, 5.74) is 0. The number of fused-ring (bicyclic) bond motifs is 1. The van der Waals surface area contributed by atoms with Crippen LogP contribution in [0.15, 0.2) is 0 Å². The highest BCUT2D eigenvalue weighted by molar-refractivity contribution is 6.08. The average Bonchev–Trinajstić information content (AvgIpc) is 2.44. The Hall–Kier alpha value is -1.39. The Labute approximate surface area is 88.0 Å². The molecule has 2 aliphatic heterocycles. The molecule has 0 saturated carbocycles. The van der Waals surface area contributed by atoms with E-state index in [4.69, 9.17) is 0 Å². The van der Waals surface area contributed by atoms with Gasteiger partial charge in [0.05, 0.1) is 5.92 Å². The van der Waals surface area contributed by atoms with Gasteiger partial charge in [0.2, 0.25) is 11.8 Å². The number of rotatable bonds is 0. The predicted octanol–water partition coefficient (Wildman–Crippen LogP) is -0.388. The Morgan fingerprint density at radius 3 is 2.60 bits per heavy atom. The summed E-state index contributed by atoms with van der Waals surface area (Å²) in [6, 6.07) is -0.534. The molecular weight excluding hydrogens is 196 g/mol. The number of imide groups is 1. The number of likely N-dealkylation sites (tertiary alicyclic amines) is 2. The highest BCUT2D eigenvalue weighted by atomic mass is 16.2. The van der Waals surface area contributed by atoms with Crippen molar-refractivity contribution >= 4 is 17.7 Å². The zero-order valence-electron chi connectivity index (χ0n) is 8.90. The Kier molecular flexibility index (Phi) is 2.25. The maximum atomic E-state index is 11.8. The van der Waals surface area contributed by atoms with Gasteiger partial charge in [-0.2, -0.15) is 0 Å². The molecule has 0 N–H and O–H groups in total. The number of hydrogen-bond donors (Lipinski definition) is 0. The van der Waals surface area contributed by atoms with Crippen molar-refractivity contribution < 1.29 is 14.4 Å². The standard InChI is InChI=1S/C10H14N2O3/c1-6(13)12-5-3-4-7-8(12)10(15)11(2)9(7)14/h7-8H,3-5H2,1-2H3/t7-,8+/m0/s1. The van der Waals surface area contributed by atoms with E-state index in [1.807, 2.05) is 0 Å². The lowest BCUT2D eigenvalue weighted by Crippen LogP contribution is -2.49. The van der Waals surface area contributed by atoms with Crippen molar-refractivity contribution in [1.82, 2.24) is 9.80 Å². The second-order valence-corrected chi connectivity index (χ2v) is 4.14. The van der Waals surface area contributed by atoms with E-state index in [1.165, 1.54) is 18.9 Å². The first kappa shape index (κ1) is 10.1. The zero-order valence-corrected chi connectivity index (χ0v) is 8.90. The smallest absolute Gasteiger partial charge is 0.252 e. The minimum atomic E-state index is -0.534. The topological polar surface area (TPSA) is 57.7 Å². The van der Waals surface area contributed by atoms with E-state index < -0.39 is 6.04 Å². The molecule has 2 atom stereocenters. The maximum Gasteiger partial charge on any atom is 0.252 e. The molecule has 15 heavy (non-hydrogen) atoms. The SMILES string of the molecule is CC(=O)N1CCC[C@@H]2C(=O)N(C)C(=O)[C@@H]21. The molecule has 2 saturated heterocycles. The van der Waals surface area contributed by atoms with Crippen LogP contribution in [0.3, 0.4) is 0 Å². The fourth-order valence-electron chi connectivity index (χ4n) is 2.47. The third-order valence-corrected chi connectivity index (χ3v) is 3.27. The summed E-state index contributed by atoms with van der Waals surface area (Å²) in [6.45, 7) is 2.03.